The second-order valence-corrected chi connectivity index (χ2v) is 7.01. The lowest BCUT2D eigenvalue weighted by atomic mass is 10.1. The molecule has 5 rings (SSSR count). The molecule has 0 amide bonds. The minimum Gasteiger partial charge on any atom is -0.462 e. The molecule has 1 saturated heterocycles. The number of fused-ring (bicyclic) bond motifs is 4. The van der Waals surface area contributed by atoms with Gasteiger partial charge in [-0.05, 0) is 42.5 Å². The summed E-state index contributed by atoms with van der Waals surface area (Å²) in [6, 6.07) is 13.0. The van der Waals surface area contributed by atoms with Crippen LogP contribution in [-0.4, -0.2) is 6.05 Å². The molecule has 26 heavy (non-hydrogen) atoms. The molecule has 1 aromatic heterocycles. The molecule has 2 aliphatic rings. The van der Waals surface area contributed by atoms with Crippen LogP contribution in [0.3, 0.4) is 0 Å². The Morgan fingerprint density at radius 3 is 2.46 bits per heavy atom. The maximum Gasteiger partial charge on any atom is 0.400 e. The fourth-order valence-electron chi connectivity index (χ4n) is 3.43. The van der Waals surface area contributed by atoms with Crippen LogP contribution >= 0.6 is 15.9 Å². The van der Waals surface area contributed by atoms with Crippen molar-refractivity contribution in [1.29, 1.82) is 0 Å². The third-order valence-electron chi connectivity index (χ3n) is 4.60. The number of nitrogens with zero attached hydrogens (tertiary/aromatic N) is 1. The molecule has 3 heterocycles. The Bertz CT molecular complexity index is 961. The van der Waals surface area contributed by atoms with E-state index in [1.54, 1.807) is 48.5 Å². The summed E-state index contributed by atoms with van der Waals surface area (Å²) in [4.78, 5) is 0.938. The van der Waals surface area contributed by atoms with E-state index in [9.17, 15) is 0 Å². The summed E-state index contributed by atoms with van der Waals surface area (Å²) in [6.07, 6.45) is 0.311. The van der Waals surface area contributed by atoms with Crippen LogP contribution in [0, 0.1) is 0 Å². The summed E-state index contributed by atoms with van der Waals surface area (Å²) >= 11 is 3.33. The Hall–Kier alpha value is -2.38. The highest BCUT2D eigenvalue weighted by molar-refractivity contribution is 9.10. The molecule has 0 spiro atoms. The minimum atomic E-state index is -3.51. The van der Waals surface area contributed by atoms with E-state index in [1.807, 2.05) is 0 Å². The number of ether oxygens (including phenoxy) is 2. The van der Waals surface area contributed by atoms with Gasteiger partial charge in [0.15, 0.2) is 12.0 Å². The average Bonchev–Trinajstić information content (AvgIpc) is 3.23. The third kappa shape index (κ3) is 1.95. The predicted molar refractivity (Wildman–Crippen MR) is 92.9 cm³/mol. The summed E-state index contributed by atoms with van der Waals surface area (Å²) in [5, 5.41) is 0. The van der Waals surface area contributed by atoms with Gasteiger partial charge >= 0.3 is 11.8 Å². The van der Waals surface area contributed by atoms with Gasteiger partial charge in [-0.3, -0.25) is 9.64 Å². The van der Waals surface area contributed by atoms with Gasteiger partial charge < -0.3 is 9.15 Å². The number of halogens is 3. The van der Waals surface area contributed by atoms with E-state index in [1.165, 1.54) is 18.4 Å². The molecule has 0 saturated carbocycles. The first-order chi connectivity index (χ1) is 12.5. The van der Waals surface area contributed by atoms with Crippen molar-refractivity contribution in [1.82, 2.24) is 0 Å². The van der Waals surface area contributed by atoms with Gasteiger partial charge in [0.25, 0.3) is 0 Å². The number of anilines is 1. The smallest absolute Gasteiger partial charge is 0.400 e. The molecular formula is C19H12BrF2NO3. The van der Waals surface area contributed by atoms with Crippen molar-refractivity contribution in [3.8, 4) is 5.75 Å². The van der Waals surface area contributed by atoms with E-state index in [2.05, 4.69) is 15.9 Å². The van der Waals surface area contributed by atoms with Crippen LogP contribution < -0.4 is 9.64 Å². The Kier molecular flexibility index (Phi) is 3.24. The summed E-state index contributed by atoms with van der Waals surface area (Å²) in [5.74, 6) is -2.09. The quantitative estimate of drug-likeness (QED) is 0.519. The maximum atomic E-state index is 15.7. The second kappa shape index (κ2) is 5.31. The van der Waals surface area contributed by atoms with Gasteiger partial charge in [-0.2, -0.15) is 8.78 Å². The molecule has 7 heteroatoms. The van der Waals surface area contributed by atoms with Crippen molar-refractivity contribution >= 4 is 21.6 Å². The monoisotopic (exact) mass is 419 g/mol. The zero-order chi connectivity index (χ0) is 17.9. The number of hydrogen-bond acceptors (Lipinski definition) is 4. The van der Waals surface area contributed by atoms with Gasteiger partial charge in [0.2, 0.25) is 0 Å². The molecule has 3 aromatic rings. The topological polar surface area (TPSA) is 34.8 Å². The van der Waals surface area contributed by atoms with Crippen LogP contribution in [-0.2, 0) is 10.5 Å². The van der Waals surface area contributed by atoms with Crippen molar-refractivity contribution in [2.45, 2.75) is 18.1 Å². The van der Waals surface area contributed by atoms with E-state index in [0.717, 1.165) is 9.37 Å². The molecule has 0 radical (unpaired) electrons. The number of benzene rings is 2. The van der Waals surface area contributed by atoms with Crippen LogP contribution in [0.2, 0.25) is 0 Å². The number of para-hydroxylation sites is 1. The Balaban J connectivity index is 1.75. The third-order valence-corrected chi connectivity index (χ3v) is 5.13. The van der Waals surface area contributed by atoms with Gasteiger partial charge in [-0.15, -0.1) is 0 Å². The standard InChI is InChI=1S/C19H12BrF2NO3/c20-12-7-9-13(10-8-12)23-17-14-4-1-2-5-15(14)25-18(26-17,19(23,21)22)16-6-3-11-24-16/h1-11,17H. The van der Waals surface area contributed by atoms with Crippen molar-refractivity contribution in [2.75, 3.05) is 4.90 Å². The first-order valence-electron chi connectivity index (χ1n) is 7.95. The molecule has 2 aliphatic heterocycles. The van der Waals surface area contributed by atoms with Crippen LogP contribution in [0.4, 0.5) is 14.5 Å². The van der Waals surface area contributed by atoms with Crippen LogP contribution in [0.5, 0.6) is 5.75 Å². The Labute approximate surface area is 156 Å². The molecule has 2 unspecified atom stereocenters. The lowest BCUT2D eigenvalue weighted by molar-refractivity contribution is -0.289. The lowest BCUT2D eigenvalue weighted by Crippen LogP contribution is -2.53. The van der Waals surface area contributed by atoms with E-state index in [4.69, 9.17) is 13.9 Å². The van der Waals surface area contributed by atoms with E-state index < -0.39 is 18.1 Å². The molecule has 2 atom stereocenters. The first kappa shape index (κ1) is 15.8. The van der Waals surface area contributed by atoms with Crippen molar-refractivity contribution in [3.05, 3.63) is 82.7 Å². The molecule has 4 nitrogen and oxygen atoms in total. The van der Waals surface area contributed by atoms with Crippen LogP contribution in [0.15, 0.2) is 75.8 Å². The van der Waals surface area contributed by atoms with Gasteiger partial charge in [0, 0.05) is 15.7 Å². The molecule has 0 N–H and O–H groups in total. The van der Waals surface area contributed by atoms with Crippen molar-refractivity contribution < 1.29 is 22.7 Å². The largest absolute Gasteiger partial charge is 0.462 e. The van der Waals surface area contributed by atoms with Gasteiger partial charge in [0.05, 0.1) is 6.26 Å². The highest BCUT2D eigenvalue weighted by atomic mass is 79.9. The molecule has 132 valence electrons. The Morgan fingerprint density at radius 2 is 1.73 bits per heavy atom. The van der Waals surface area contributed by atoms with E-state index in [-0.39, 0.29) is 5.76 Å². The molecule has 0 aliphatic carbocycles. The average molecular weight is 420 g/mol. The Morgan fingerprint density at radius 1 is 0.962 bits per heavy atom. The summed E-state index contributed by atoms with van der Waals surface area (Å²) < 4.78 is 49.1. The van der Waals surface area contributed by atoms with Crippen molar-refractivity contribution in [3.63, 3.8) is 0 Å². The number of alkyl halides is 2. The molecule has 1 fully saturated rings. The van der Waals surface area contributed by atoms with E-state index in [0.29, 0.717) is 17.0 Å². The highest BCUT2D eigenvalue weighted by Gasteiger charge is 2.75. The molecule has 2 bridgehead atoms. The van der Waals surface area contributed by atoms with E-state index >= 15 is 8.78 Å². The fraction of sp³-hybridized carbons (Fsp3) is 0.158. The zero-order valence-electron chi connectivity index (χ0n) is 13.2. The SMILES string of the molecule is FC1(F)N(c2ccc(Br)cc2)C2OC1(c1ccco1)Oc1ccccc12. The number of hydrogen-bond donors (Lipinski definition) is 0. The minimum absolute atomic E-state index is 0.0818. The van der Waals surface area contributed by atoms with Gasteiger partial charge in [-0.25, -0.2) is 0 Å². The molecular weight excluding hydrogens is 408 g/mol. The summed E-state index contributed by atoms with van der Waals surface area (Å²) in [6.45, 7) is 0. The van der Waals surface area contributed by atoms with Crippen LogP contribution in [0.1, 0.15) is 17.6 Å². The fourth-order valence-corrected chi connectivity index (χ4v) is 3.69. The normalized spacial score (nSPS) is 25.7. The summed E-state index contributed by atoms with van der Waals surface area (Å²) in [7, 11) is 0. The number of rotatable bonds is 2. The summed E-state index contributed by atoms with van der Waals surface area (Å²) in [5.41, 5.74) is 0.853. The number of furan rings is 1. The zero-order valence-corrected chi connectivity index (χ0v) is 14.8. The van der Waals surface area contributed by atoms with Crippen LogP contribution in [0.25, 0.3) is 0 Å². The molecule has 2 aromatic carbocycles. The predicted octanol–water partition coefficient (Wildman–Crippen LogP) is 5.42. The highest BCUT2D eigenvalue weighted by Crippen LogP contribution is 2.61. The first-order valence-corrected chi connectivity index (χ1v) is 8.75. The second-order valence-electron chi connectivity index (χ2n) is 6.09. The van der Waals surface area contributed by atoms with Crippen molar-refractivity contribution in [2.24, 2.45) is 0 Å². The van der Waals surface area contributed by atoms with Gasteiger partial charge in [0.1, 0.15) is 5.75 Å². The maximum absolute atomic E-state index is 15.7. The lowest BCUT2D eigenvalue weighted by Gasteiger charge is -2.34. The van der Waals surface area contributed by atoms with Gasteiger partial charge in [-0.1, -0.05) is 34.1 Å².